The van der Waals surface area contributed by atoms with Crippen LogP contribution in [0.2, 0.25) is 0 Å². The van der Waals surface area contributed by atoms with Gasteiger partial charge in [0.05, 0.1) is 16.6 Å². The Labute approximate surface area is 194 Å². The van der Waals surface area contributed by atoms with Crippen LogP contribution in [-0.2, 0) is 23.1 Å². The number of carbonyl (C=O) groups is 2. The van der Waals surface area contributed by atoms with E-state index in [0.29, 0.717) is 43.5 Å². The summed E-state index contributed by atoms with van der Waals surface area (Å²) in [5, 5.41) is 15.1. The van der Waals surface area contributed by atoms with Gasteiger partial charge < -0.3 is 20.1 Å². The molecule has 0 aromatic heterocycles. The number of benzene rings is 2. The van der Waals surface area contributed by atoms with Crippen LogP contribution < -0.4 is 15.5 Å². The van der Waals surface area contributed by atoms with Gasteiger partial charge in [-0.1, -0.05) is 35.8 Å². The number of hydrogen-bond acceptors (Lipinski definition) is 5. The first kappa shape index (κ1) is 20.9. The number of nitrogens with one attached hydrogen (secondary N) is 1. The van der Waals surface area contributed by atoms with Crippen molar-refractivity contribution in [1.29, 1.82) is 0 Å². The fourth-order valence-electron chi connectivity index (χ4n) is 6.90. The van der Waals surface area contributed by atoms with Crippen molar-refractivity contribution in [3.63, 3.8) is 0 Å². The summed E-state index contributed by atoms with van der Waals surface area (Å²) in [6, 6.07) is 12.1. The molecule has 0 unspecified atom stereocenters. The minimum absolute atomic E-state index is 0.0396. The van der Waals surface area contributed by atoms with Gasteiger partial charge in [-0.05, 0) is 56.5 Å². The predicted molar refractivity (Wildman–Crippen MR) is 127 cm³/mol. The van der Waals surface area contributed by atoms with Crippen molar-refractivity contribution in [2.24, 2.45) is 0 Å². The minimum atomic E-state index is -1.02. The Morgan fingerprint density at radius 1 is 1.24 bits per heavy atom. The Hall–Kier alpha value is -2.64. The van der Waals surface area contributed by atoms with E-state index in [9.17, 15) is 14.7 Å². The minimum Gasteiger partial charge on any atom is -0.480 e. The number of piperidine rings is 1. The third-order valence-electron chi connectivity index (χ3n) is 8.61. The second kappa shape index (κ2) is 7.18. The molecule has 2 fully saturated rings. The van der Waals surface area contributed by atoms with E-state index in [0.717, 1.165) is 24.1 Å². The number of carbonyl (C=O) groups excluding carboxylic acids is 2. The van der Waals surface area contributed by atoms with Crippen LogP contribution in [0.5, 0.6) is 5.75 Å². The average molecular weight is 444 g/mol. The molecule has 1 saturated heterocycles. The molecule has 2 aliphatic carbocycles. The monoisotopic (exact) mass is 444 g/mol. The maximum atomic E-state index is 13.2. The Kier molecular flexibility index (Phi) is 4.55. The molecule has 4 aliphatic rings. The van der Waals surface area contributed by atoms with Gasteiger partial charge in [0.1, 0.15) is 13.6 Å². The van der Waals surface area contributed by atoms with Crippen LogP contribution in [0.15, 0.2) is 36.4 Å². The maximum absolute atomic E-state index is 13.2. The summed E-state index contributed by atoms with van der Waals surface area (Å²) in [7, 11) is 4.11. The van der Waals surface area contributed by atoms with Crippen molar-refractivity contribution >= 4 is 25.0 Å². The lowest BCUT2D eigenvalue weighted by Gasteiger charge is -2.62. The molecular formula is C26H29BN2O4. The van der Waals surface area contributed by atoms with Crippen molar-refractivity contribution in [3.8, 4) is 5.75 Å². The topological polar surface area (TPSA) is 78.9 Å². The molecule has 6 rings (SSSR count). The van der Waals surface area contributed by atoms with E-state index in [4.69, 9.17) is 4.74 Å². The highest BCUT2D eigenvalue weighted by atomic mass is 16.5. The zero-order chi connectivity index (χ0) is 23.0. The van der Waals surface area contributed by atoms with Gasteiger partial charge in [0.25, 0.3) is 5.91 Å². The molecule has 170 valence electrons. The molecule has 2 aromatic rings. The van der Waals surface area contributed by atoms with E-state index in [1.54, 1.807) is 0 Å². The number of ether oxygens (including phenoxy) is 1. The Bertz CT molecular complexity index is 1170. The largest absolute Gasteiger partial charge is 0.480 e. The Morgan fingerprint density at radius 2 is 2.03 bits per heavy atom. The van der Waals surface area contributed by atoms with Gasteiger partial charge in [0, 0.05) is 24.6 Å². The maximum Gasteiger partial charge on any atom is 0.255 e. The standard InChI is InChI=1S/C26H29BN2O4/c1-29-13-11-25-21-16-4-7-18(24(31)28-12-9-15-2-5-17(27)6-3-15)22(21)33-23(25)19(30)8-10-26(25,32)20(29)14-16/h2-7,20,23,32H,8-14,27H2,1H3,(H,28,31)/t20-,23+,25+,26-/m1/s1. The highest BCUT2D eigenvalue weighted by Crippen LogP contribution is 2.63. The highest BCUT2D eigenvalue weighted by molar-refractivity contribution is 6.32. The molecular weight excluding hydrogens is 415 g/mol. The summed E-state index contributed by atoms with van der Waals surface area (Å²) >= 11 is 0. The molecule has 4 atom stereocenters. The van der Waals surface area contributed by atoms with Crippen LogP contribution >= 0.6 is 0 Å². The smallest absolute Gasteiger partial charge is 0.255 e. The van der Waals surface area contributed by atoms with Gasteiger partial charge >= 0.3 is 0 Å². The number of likely N-dealkylation sites (tertiary alicyclic amines) is 1. The van der Waals surface area contributed by atoms with Crippen LogP contribution in [0, 0.1) is 0 Å². The lowest BCUT2D eigenvalue weighted by molar-refractivity contribution is -0.185. The van der Waals surface area contributed by atoms with Crippen molar-refractivity contribution in [3.05, 3.63) is 58.7 Å². The van der Waals surface area contributed by atoms with Crippen molar-refractivity contribution in [2.45, 2.75) is 55.3 Å². The normalized spacial score (nSPS) is 31.6. The summed E-state index contributed by atoms with van der Waals surface area (Å²) in [5.74, 6) is 0.362. The number of hydrogen-bond donors (Lipinski definition) is 2. The first-order valence-electron chi connectivity index (χ1n) is 12.0. The fraction of sp³-hybridized carbons (Fsp3) is 0.462. The van der Waals surface area contributed by atoms with E-state index in [1.807, 2.05) is 12.1 Å². The van der Waals surface area contributed by atoms with Gasteiger partial charge in [-0.2, -0.15) is 0 Å². The molecule has 33 heavy (non-hydrogen) atoms. The first-order valence-corrected chi connectivity index (χ1v) is 12.0. The van der Waals surface area contributed by atoms with E-state index in [1.165, 1.54) is 11.0 Å². The average Bonchev–Trinajstić information content (AvgIpc) is 3.16. The van der Waals surface area contributed by atoms with E-state index in [2.05, 4.69) is 49.4 Å². The number of likely N-dealkylation sites (N-methyl/N-ethyl adjacent to an activating group) is 1. The summed E-state index contributed by atoms with van der Waals surface area (Å²) < 4.78 is 6.33. The van der Waals surface area contributed by atoms with Crippen molar-refractivity contribution in [2.75, 3.05) is 20.1 Å². The van der Waals surface area contributed by atoms with Crippen LogP contribution in [-0.4, -0.2) is 67.4 Å². The number of amides is 1. The lowest BCUT2D eigenvalue weighted by Crippen LogP contribution is -2.76. The zero-order valence-electron chi connectivity index (χ0n) is 19.2. The molecule has 2 heterocycles. The Morgan fingerprint density at radius 3 is 2.82 bits per heavy atom. The fourth-order valence-corrected chi connectivity index (χ4v) is 6.90. The molecule has 1 spiro atoms. The van der Waals surface area contributed by atoms with Gasteiger partial charge in [-0.3, -0.25) is 9.59 Å². The van der Waals surface area contributed by atoms with Gasteiger partial charge in [-0.15, -0.1) is 0 Å². The summed E-state index contributed by atoms with van der Waals surface area (Å²) in [5.41, 5.74) is 3.10. The van der Waals surface area contributed by atoms with Gasteiger partial charge in [-0.25, -0.2) is 0 Å². The molecule has 2 aliphatic heterocycles. The third-order valence-corrected chi connectivity index (χ3v) is 8.61. The number of ketones is 1. The molecule has 6 nitrogen and oxygen atoms in total. The number of Topliss-reactive ketones (excluding diaryl/α,β-unsaturated/α-hetero) is 1. The third kappa shape index (κ3) is 2.75. The van der Waals surface area contributed by atoms with E-state index in [-0.39, 0.29) is 17.7 Å². The van der Waals surface area contributed by atoms with E-state index < -0.39 is 17.1 Å². The van der Waals surface area contributed by atoms with Crippen molar-refractivity contribution in [1.82, 2.24) is 10.2 Å². The summed E-state index contributed by atoms with van der Waals surface area (Å²) in [4.78, 5) is 28.5. The number of aliphatic hydroxyl groups is 1. The highest BCUT2D eigenvalue weighted by Gasteiger charge is 2.72. The molecule has 2 aromatic carbocycles. The van der Waals surface area contributed by atoms with Gasteiger partial charge in [0.2, 0.25) is 0 Å². The molecule has 1 saturated carbocycles. The first-order chi connectivity index (χ1) is 15.8. The van der Waals surface area contributed by atoms with E-state index >= 15 is 0 Å². The number of nitrogens with zero attached hydrogens (tertiary/aromatic N) is 1. The van der Waals surface area contributed by atoms with Crippen LogP contribution in [0.4, 0.5) is 0 Å². The van der Waals surface area contributed by atoms with Crippen LogP contribution in [0.25, 0.3) is 0 Å². The second-order valence-corrected chi connectivity index (χ2v) is 10.3. The van der Waals surface area contributed by atoms with Crippen molar-refractivity contribution < 1.29 is 19.4 Å². The molecule has 7 heteroatoms. The predicted octanol–water partition coefficient (Wildman–Crippen LogP) is 0.271. The summed E-state index contributed by atoms with van der Waals surface area (Å²) in [6.07, 6.45) is 2.16. The van der Waals surface area contributed by atoms with Gasteiger partial charge in [0.15, 0.2) is 11.9 Å². The summed E-state index contributed by atoms with van der Waals surface area (Å²) in [6.45, 7) is 1.31. The number of rotatable bonds is 4. The quantitative estimate of drug-likeness (QED) is 0.663. The second-order valence-electron chi connectivity index (χ2n) is 10.3. The van der Waals surface area contributed by atoms with Crippen LogP contribution in [0.3, 0.4) is 0 Å². The molecule has 0 radical (unpaired) electrons. The SMILES string of the molecule is Bc1ccc(CCNC(=O)c2ccc3c4c2O[C@H]2C(=O)CC[C@@]5(O)[C@@H](C3)N(C)CC[C@]425)cc1. The molecule has 1 amide bonds. The molecule has 2 N–H and O–H groups in total. The van der Waals surface area contributed by atoms with Crippen LogP contribution in [0.1, 0.15) is 46.3 Å². The Balaban J connectivity index is 1.34. The molecule has 2 bridgehead atoms. The lowest BCUT2D eigenvalue weighted by atomic mass is 9.49. The zero-order valence-corrected chi connectivity index (χ0v) is 19.2.